The molecule has 1 aromatic heterocycles. The second kappa shape index (κ2) is 9.93. The van der Waals surface area contributed by atoms with Crippen molar-refractivity contribution in [2.24, 2.45) is 0 Å². The second-order valence-corrected chi connectivity index (χ2v) is 6.29. The Kier molecular flexibility index (Phi) is 8.62. The highest BCUT2D eigenvalue weighted by Gasteiger charge is 2.17. The van der Waals surface area contributed by atoms with Crippen LogP contribution in [-0.4, -0.2) is 42.0 Å². The molecule has 1 aliphatic heterocycles. The van der Waals surface area contributed by atoms with E-state index < -0.39 is 0 Å². The molecule has 0 saturated carbocycles. The van der Waals surface area contributed by atoms with Crippen LogP contribution in [-0.2, 0) is 17.6 Å². The highest BCUT2D eigenvalue weighted by molar-refractivity contribution is 7.09. The van der Waals surface area contributed by atoms with Gasteiger partial charge in [-0.2, -0.15) is 0 Å². The summed E-state index contributed by atoms with van der Waals surface area (Å²) in [6, 6.07) is 6.44. The number of hydrogen-bond acceptors (Lipinski definition) is 4. The van der Waals surface area contributed by atoms with Gasteiger partial charge >= 0.3 is 0 Å². The van der Waals surface area contributed by atoms with Crippen LogP contribution in [0.1, 0.15) is 16.3 Å². The average molecular weight is 392 g/mol. The lowest BCUT2D eigenvalue weighted by atomic mass is 10.1. The van der Waals surface area contributed by atoms with Crippen LogP contribution >= 0.6 is 36.2 Å². The third kappa shape index (κ3) is 5.70. The maximum atomic E-state index is 12.9. The Morgan fingerprint density at radius 3 is 2.54 bits per heavy atom. The summed E-state index contributed by atoms with van der Waals surface area (Å²) in [4.78, 5) is 18.6. The Bertz CT molecular complexity index is 645. The van der Waals surface area contributed by atoms with E-state index in [1.165, 1.54) is 12.1 Å². The van der Waals surface area contributed by atoms with Gasteiger partial charge in [0.05, 0.1) is 17.1 Å². The Hall–Kier alpha value is -1.21. The Labute approximate surface area is 157 Å². The zero-order chi connectivity index (χ0) is 15.4. The Morgan fingerprint density at radius 2 is 1.88 bits per heavy atom. The van der Waals surface area contributed by atoms with E-state index in [0.717, 1.165) is 42.4 Å². The van der Waals surface area contributed by atoms with E-state index in [1.54, 1.807) is 23.5 Å². The Morgan fingerprint density at radius 1 is 1.21 bits per heavy atom. The summed E-state index contributed by atoms with van der Waals surface area (Å²) in [5.41, 5.74) is 1.85. The molecule has 2 heterocycles. The van der Waals surface area contributed by atoms with Crippen LogP contribution in [0.15, 0.2) is 29.6 Å². The number of nitrogens with one attached hydrogen (secondary N) is 1. The van der Waals surface area contributed by atoms with Gasteiger partial charge < -0.3 is 10.2 Å². The van der Waals surface area contributed by atoms with E-state index in [-0.39, 0.29) is 36.5 Å². The maximum Gasteiger partial charge on any atom is 0.228 e. The first-order valence-corrected chi connectivity index (χ1v) is 8.25. The number of rotatable bonds is 4. The van der Waals surface area contributed by atoms with Gasteiger partial charge in [0.1, 0.15) is 5.82 Å². The van der Waals surface area contributed by atoms with Crippen molar-refractivity contribution in [2.75, 3.05) is 26.2 Å². The number of aromatic nitrogens is 1. The molecule has 1 N–H and O–H groups in total. The molecule has 0 aliphatic carbocycles. The number of benzene rings is 1. The molecule has 0 spiro atoms. The van der Waals surface area contributed by atoms with Crippen LogP contribution in [0.4, 0.5) is 4.39 Å². The number of halogens is 3. The van der Waals surface area contributed by atoms with Crippen LogP contribution in [0, 0.1) is 5.82 Å². The number of hydrogen-bond donors (Lipinski definition) is 1. The molecule has 1 aromatic carbocycles. The van der Waals surface area contributed by atoms with Gasteiger partial charge in [0, 0.05) is 38.0 Å². The minimum atomic E-state index is -0.231. The topological polar surface area (TPSA) is 45.2 Å². The molecule has 2 aromatic rings. The molecule has 4 nitrogen and oxygen atoms in total. The first kappa shape index (κ1) is 20.8. The van der Waals surface area contributed by atoms with Gasteiger partial charge in [-0.15, -0.1) is 36.2 Å². The fourth-order valence-corrected chi connectivity index (χ4v) is 3.30. The van der Waals surface area contributed by atoms with E-state index in [1.807, 2.05) is 10.3 Å². The van der Waals surface area contributed by atoms with E-state index in [9.17, 15) is 9.18 Å². The average Bonchev–Trinajstić information content (AvgIpc) is 2.97. The van der Waals surface area contributed by atoms with Crippen molar-refractivity contribution in [3.63, 3.8) is 0 Å². The summed E-state index contributed by atoms with van der Waals surface area (Å²) < 4.78 is 12.9. The largest absolute Gasteiger partial charge is 0.340 e. The van der Waals surface area contributed by atoms with Gasteiger partial charge in [0.15, 0.2) is 0 Å². The van der Waals surface area contributed by atoms with Crippen LogP contribution in [0.3, 0.4) is 0 Å². The zero-order valence-electron chi connectivity index (χ0n) is 13.0. The van der Waals surface area contributed by atoms with Crippen molar-refractivity contribution in [1.82, 2.24) is 15.2 Å². The highest BCUT2D eigenvalue weighted by atomic mass is 35.5. The summed E-state index contributed by atoms with van der Waals surface area (Å²) in [6.45, 7) is 3.26. The van der Waals surface area contributed by atoms with Gasteiger partial charge in [0.2, 0.25) is 5.91 Å². The SMILES string of the molecule is Cl.Cl.O=C(Cc1csc(Cc2ccc(F)cc2)n1)N1CCNCC1. The quantitative estimate of drug-likeness (QED) is 0.871. The van der Waals surface area contributed by atoms with Crippen molar-refractivity contribution in [3.05, 3.63) is 51.7 Å². The zero-order valence-corrected chi connectivity index (χ0v) is 15.5. The molecule has 1 amide bonds. The molecule has 0 radical (unpaired) electrons. The molecule has 8 heteroatoms. The molecule has 0 bridgehead atoms. The fraction of sp³-hybridized carbons (Fsp3) is 0.375. The Balaban J connectivity index is 0.00000144. The van der Waals surface area contributed by atoms with Gasteiger partial charge in [-0.25, -0.2) is 9.37 Å². The molecule has 1 aliphatic rings. The molecule has 0 unspecified atom stereocenters. The van der Waals surface area contributed by atoms with Crippen LogP contribution < -0.4 is 5.32 Å². The first-order valence-electron chi connectivity index (χ1n) is 7.37. The number of carbonyl (C=O) groups excluding carboxylic acids is 1. The second-order valence-electron chi connectivity index (χ2n) is 5.34. The molecule has 3 rings (SSSR count). The van der Waals surface area contributed by atoms with Crippen LogP contribution in [0.25, 0.3) is 0 Å². The third-order valence-corrected chi connectivity index (χ3v) is 4.57. The van der Waals surface area contributed by atoms with Crippen molar-refractivity contribution in [1.29, 1.82) is 0 Å². The summed E-state index contributed by atoms with van der Waals surface area (Å²) in [7, 11) is 0. The predicted octanol–water partition coefficient (Wildman–Crippen LogP) is 2.69. The van der Waals surface area contributed by atoms with Gasteiger partial charge in [-0.1, -0.05) is 12.1 Å². The molecular formula is C16H20Cl2FN3OS. The van der Waals surface area contributed by atoms with E-state index in [2.05, 4.69) is 10.3 Å². The first-order chi connectivity index (χ1) is 10.7. The van der Waals surface area contributed by atoms with Gasteiger partial charge in [0.25, 0.3) is 0 Å². The monoisotopic (exact) mass is 391 g/mol. The summed E-state index contributed by atoms with van der Waals surface area (Å²) in [5, 5.41) is 6.13. The normalized spacial score (nSPS) is 13.8. The fourth-order valence-electron chi connectivity index (χ4n) is 2.47. The van der Waals surface area contributed by atoms with E-state index in [0.29, 0.717) is 12.8 Å². The van der Waals surface area contributed by atoms with Crippen molar-refractivity contribution in [3.8, 4) is 0 Å². The molecule has 24 heavy (non-hydrogen) atoms. The smallest absolute Gasteiger partial charge is 0.228 e. The highest BCUT2D eigenvalue weighted by Crippen LogP contribution is 2.16. The third-order valence-electron chi connectivity index (χ3n) is 3.67. The molecule has 1 saturated heterocycles. The lowest BCUT2D eigenvalue weighted by Gasteiger charge is -2.27. The minimum Gasteiger partial charge on any atom is -0.340 e. The number of nitrogens with zero attached hydrogens (tertiary/aromatic N) is 2. The number of carbonyl (C=O) groups is 1. The lowest BCUT2D eigenvalue weighted by molar-refractivity contribution is -0.131. The van der Waals surface area contributed by atoms with Crippen LogP contribution in [0.2, 0.25) is 0 Å². The van der Waals surface area contributed by atoms with Gasteiger partial charge in [-0.3, -0.25) is 4.79 Å². The number of amides is 1. The van der Waals surface area contributed by atoms with Crippen LogP contribution in [0.5, 0.6) is 0 Å². The van der Waals surface area contributed by atoms with Crippen molar-refractivity contribution < 1.29 is 9.18 Å². The maximum absolute atomic E-state index is 12.9. The minimum absolute atomic E-state index is 0. The predicted molar refractivity (Wildman–Crippen MR) is 99.0 cm³/mol. The van der Waals surface area contributed by atoms with E-state index in [4.69, 9.17) is 0 Å². The summed E-state index contributed by atoms with van der Waals surface area (Å²) in [5.74, 6) is -0.0923. The summed E-state index contributed by atoms with van der Waals surface area (Å²) in [6.07, 6.45) is 1.03. The lowest BCUT2D eigenvalue weighted by Crippen LogP contribution is -2.46. The molecule has 132 valence electrons. The summed E-state index contributed by atoms with van der Waals surface area (Å²) >= 11 is 1.55. The van der Waals surface area contributed by atoms with E-state index >= 15 is 0 Å². The van der Waals surface area contributed by atoms with Crippen molar-refractivity contribution in [2.45, 2.75) is 12.8 Å². The molecule has 0 atom stereocenters. The number of piperazine rings is 1. The molecular weight excluding hydrogens is 372 g/mol. The molecule has 1 fully saturated rings. The van der Waals surface area contributed by atoms with Crippen molar-refractivity contribution >= 4 is 42.1 Å². The van der Waals surface area contributed by atoms with Gasteiger partial charge in [-0.05, 0) is 17.7 Å². The standard InChI is InChI=1S/C16H18FN3OS.2ClH/c17-13-3-1-12(2-4-13)9-15-19-14(11-22-15)10-16(21)20-7-5-18-6-8-20;;/h1-4,11,18H,5-10H2;2*1H. The number of thiazole rings is 1.